The van der Waals surface area contributed by atoms with Crippen LogP contribution >= 0.6 is 0 Å². The minimum Gasteiger partial charge on any atom is -0.397 e. The van der Waals surface area contributed by atoms with Gasteiger partial charge in [0.2, 0.25) is 0 Å². The molecule has 1 aliphatic heterocycles. The van der Waals surface area contributed by atoms with Crippen molar-refractivity contribution in [2.24, 2.45) is 0 Å². The Balaban J connectivity index is 2.09. The molecular weight excluding hydrogens is 250 g/mol. The fourth-order valence-corrected chi connectivity index (χ4v) is 3.86. The van der Waals surface area contributed by atoms with Crippen LogP contribution in [0.15, 0.2) is 18.2 Å². The summed E-state index contributed by atoms with van der Waals surface area (Å²) in [6.07, 6.45) is 1.41. The number of nitrogen functional groups attached to an aromatic ring is 1. The number of nitrogens with zero attached hydrogens (tertiary/aromatic N) is 1. The van der Waals surface area contributed by atoms with Crippen molar-refractivity contribution in [1.29, 1.82) is 5.26 Å². The Bertz CT molecular complexity index is 590. The van der Waals surface area contributed by atoms with Crippen molar-refractivity contribution < 1.29 is 8.42 Å². The molecule has 0 aromatic heterocycles. The van der Waals surface area contributed by atoms with Gasteiger partial charge >= 0.3 is 0 Å². The van der Waals surface area contributed by atoms with E-state index < -0.39 is 9.84 Å². The highest BCUT2D eigenvalue weighted by Gasteiger charge is 2.30. The molecule has 3 N–H and O–H groups in total. The summed E-state index contributed by atoms with van der Waals surface area (Å²) in [6.45, 7) is 0.349. The number of hydrogen-bond acceptors (Lipinski definition) is 5. The Hall–Kier alpha value is -1.74. The van der Waals surface area contributed by atoms with E-state index in [9.17, 15) is 8.42 Å². The average molecular weight is 265 g/mol. The molecule has 1 aliphatic rings. The first kappa shape index (κ1) is 12.7. The number of sulfone groups is 1. The summed E-state index contributed by atoms with van der Waals surface area (Å²) in [5, 5.41) is 11.5. The van der Waals surface area contributed by atoms with Crippen LogP contribution in [0, 0.1) is 11.3 Å². The molecule has 1 fully saturated rings. The first-order chi connectivity index (χ1) is 8.53. The van der Waals surface area contributed by atoms with Crippen molar-refractivity contribution in [2.45, 2.75) is 18.1 Å². The van der Waals surface area contributed by atoms with E-state index in [-0.39, 0.29) is 11.0 Å². The van der Waals surface area contributed by atoms with Crippen molar-refractivity contribution in [3.8, 4) is 6.07 Å². The van der Waals surface area contributed by atoms with Gasteiger partial charge in [0.05, 0.1) is 34.0 Å². The van der Waals surface area contributed by atoms with Gasteiger partial charge in [0.1, 0.15) is 0 Å². The number of nitriles is 1. The largest absolute Gasteiger partial charge is 0.397 e. The van der Waals surface area contributed by atoms with E-state index in [2.05, 4.69) is 5.32 Å². The molecule has 1 heterocycles. The van der Waals surface area contributed by atoms with Crippen LogP contribution in [0.5, 0.6) is 0 Å². The maximum absolute atomic E-state index is 11.7. The van der Waals surface area contributed by atoms with Gasteiger partial charge < -0.3 is 11.1 Å². The summed E-state index contributed by atoms with van der Waals surface area (Å²) in [6, 6.07) is 6.94. The highest BCUT2D eigenvalue weighted by molar-refractivity contribution is 7.92. The monoisotopic (exact) mass is 265 g/mol. The molecule has 1 saturated heterocycles. The van der Waals surface area contributed by atoms with E-state index in [4.69, 9.17) is 11.0 Å². The average Bonchev–Trinajstić information content (AvgIpc) is 2.67. The van der Waals surface area contributed by atoms with Gasteiger partial charge in [-0.3, -0.25) is 0 Å². The summed E-state index contributed by atoms with van der Waals surface area (Å²) >= 11 is 0. The van der Waals surface area contributed by atoms with Crippen LogP contribution in [0.25, 0.3) is 0 Å². The van der Waals surface area contributed by atoms with Crippen molar-refractivity contribution in [2.75, 3.05) is 23.3 Å². The van der Waals surface area contributed by atoms with Crippen molar-refractivity contribution in [3.05, 3.63) is 23.8 Å². The number of benzene rings is 1. The molecule has 0 bridgehead atoms. The maximum atomic E-state index is 11.7. The van der Waals surface area contributed by atoms with Gasteiger partial charge in [-0.15, -0.1) is 0 Å². The van der Waals surface area contributed by atoms with Crippen molar-refractivity contribution >= 4 is 21.2 Å². The van der Waals surface area contributed by atoms with Gasteiger partial charge in [0.15, 0.2) is 9.84 Å². The molecule has 5 nitrogen and oxygen atoms in total. The van der Waals surface area contributed by atoms with Gasteiger partial charge in [0, 0.05) is 6.54 Å². The van der Waals surface area contributed by atoms with Gasteiger partial charge in [-0.05, 0) is 31.0 Å². The zero-order valence-corrected chi connectivity index (χ0v) is 10.7. The summed E-state index contributed by atoms with van der Waals surface area (Å²) in [5.41, 5.74) is 7.42. The maximum Gasteiger partial charge on any atom is 0.154 e. The third kappa shape index (κ3) is 2.57. The molecule has 0 radical (unpaired) electrons. The van der Waals surface area contributed by atoms with Crippen molar-refractivity contribution in [1.82, 2.24) is 0 Å². The van der Waals surface area contributed by atoms with Crippen LogP contribution in [0.4, 0.5) is 11.4 Å². The third-order valence-electron chi connectivity index (χ3n) is 3.17. The lowest BCUT2D eigenvalue weighted by molar-refractivity contribution is 0.591. The molecule has 0 spiro atoms. The second-order valence-electron chi connectivity index (χ2n) is 4.43. The van der Waals surface area contributed by atoms with E-state index in [1.165, 1.54) is 0 Å². The summed E-state index contributed by atoms with van der Waals surface area (Å²) < 4.78 is 23.3. The van der Waals surface area contributed by atoms with E-state index in [0.29, 0.717) is 29.9 Å². The molecule has 0 amide bonds. The molecule has 6 heteroatoms. The number of hydrogen-bond donors (Lipinski definition) is 2. The van der Waals surface area contributed by atoms with Crippen molar-refractivity contribution in [3.63, 3.8) is 0 Å². The molecule has 18 heavy (non-hydrogen) atoms. The number of anilines is 2. The minimum absolute atomic E-state index is 0.271. The standard InChI is InChI=1S/C12H15N3O2S/c13-7-9-3-4-11(14)12(6-9)15-8-10-2-1-5-18(10,16)17/h3-4,6,10,15H,1-2,5,8,14H2. The molecule has 1 aromatic carbocycles. The molecule has 0 saturated carbocycles. The molecule has 96 valence electrons. The quantitative estimate of drug-likeness (QED) is 0.799. The topological polar surface area (TPSA) is 96.0 Å². The van der Waals surface area contributed by atoms with Crippen LogP contribution in [0.2, 0.25) is 0 Å². The van der Waals surface area contributed by atoms with Gasteiger partial charge in [-0.2, -0.15) is 5.26 Å². The van der Waals surface area contributed by atoms with Crippen LogP contribution in [0.3, 0.4) is 0 Å². The summed E-state index contributed by atoms with van der Waals surface area (Å²) in [5.74, 6) is 0.271. The first-order valence-electron chi connectivity index (χ1n) is 5.78. The summed E-state index contributed by atoms with van der Waals surface area (Å²) in [7, 11) is -2.95. The minimum atomic E-state index is -2.95. The second-order valence-corrected chi connectivity index (χ2v) is 6.83. The smallest absolute Gasteiger partial charge is 0.154 e. The van der Waals surface area contributed by atoms with Crippen LogP contribution in [-0.2, 0) is 9.84 Å². The molecule has 1 atom stereocenters. The SMILES string of the molecule is N#Cc1ccc(N)c(NCC2CCCS2(=O)=O)c1. The normalized spacial score (nSPS) is 21.4. The number of nitrogens with one attached hydrogen (secondary N) is 1. The highest BCUT2D eigenvalue weighted by Crippen LogP contribution is 2.23. The molecule has 1 aromatic rings. The third-order valence-corrected chi connectivity index (χ3v) is 5.44. The van der Waals surface area contributed by atoms with Gasteiger partial charge in [-0.1, -0.05) is 0 Å². The Labute approximate surface area is 107 Å². The molecule has 1 unspecified atom stereocenters. The van der Waals surface area contributed by atoms with E-state index in [1.54, 1.807) is 18.2 Å². The first-order valence-corrected chi connectivity index (χ1v) is 7.49. The van der Waals surface area contributed by atoms with E-state index >= 15 is 0 Å². The predicted octanol–water partition coefficient (Wildman–Crippen LogP) is 1.13. The highest BCUT2D eigenvalue weighted by atomic mass is 32.2. The van der Waals surface area contributed by atoms with E-state index in [1.807, 2.05) is 6.07 Å². The van der Waals surface area contributed by atoms with E-state index in [0.717, 1.165) is 6.42 Å². The lowest BCUT2D eigenvalue weighted by atomic mass is 10.2. The summed E-state index contributed by atoms with van der Waals surface area (Å²) in [4.78, 5) is 0. The lowest BCUT2D eigenvalue weighted by Crippen LogP contribution is -2.25. The number of rotatable bonds is 3. The Morgan fingerprint density at radius 1 is 1.50 bits per heavy atom. The second kappa shape index (κ2) is 4.86. The lowest BCUT2D eigenvalue weighted by Gasteiger charge is -2.13. The molecule has 2 rings (SSSR count). The van der Waals surface area contributed by atoms with Crippen LogP contribution in [0.1, 0.15) is 18.4 Å². The fraction of sp³-hybridized carbons (Fsp3) is 0.417. The predicted molar refractivity (Wildman–Crippen MR) is 70.9 cm³/mol. The molecule has 0 aliphatic carbocycles. The number of nitrogens with two attached hydrogens (primary N) is 1. The zero-order chi connectivity index (χ0) is 13.2. The molecular formula is C12H15N3O2S. The zero-order valence-electron chi connectivity index (χ0n) is 9.89. The Morgan fingerprint density at radius 3 is 2.89 bits per heavy atom. The fourth-order valence-electron chi connectivity index (χ4n) is 2.09. The van der Waals surface area contributed by atoms with Crippen LogP contribution in [-0.4, -0.2) is 26.0 Å². The van der Waals surface area contributed by atoms with Gasteiger partial charge in [-0.25, -0.2) is 8.42 Å². The Kier molecular flexibility index (Phi) is 3.43. The van der Waals surface area contributed by atoms with Crippen LogP contribution < -0.4 is 11.1 Å². The Morgan fingerprint density at radius 2 is 2.28 bits per heavy atom. The van der Waals surface area contributed by atoms with Gasteiger partial charge in [0.25, 0.3) is 0 Å².